The van der Waals surface area contributed by atoms with Crippen LogP contribution in [0.25, 0.3) is 6.08 Å². The van der Waals surface area contributed by atoms with Crippen molar-refractivity contribution in [1.29, 1.82) is 0 Å². The van der Waals surface area contributed by atoms with Crippen LogP contribution in [-0.4, -0.2) is 25.9 Å². The normalized spacial score (nSPS) is 14.3. The number of aromatic hydroxyl groups is 2. The summed E-state index contributed by atoms with van der Waals surface area (Å²) >= 11 is 1.45. The molecule has 1 aromatic heterocycles. The highest BCUT2D eigenvalue weighted by Crippen LogP contribution is 2.34. The van der Waals surface area contributed by atoms with Gasteiger partial charge in [-0.2, -0.15) is 9.97 Å². The first kappa shape index (κ1) is 7.42. The summed E-state index contributed by atoms with van der Waals surface area (Å²) in [5.74, 6) is 0.654. The van der Waals surface area contributed by atoms with Crippen LogP contribution in [0.5, 0.6) is 11.9 Å². The van der Waals surface area contributed by atoms with E-state index >= 15 is 0 Å². The summed E-state index contributed by atoms with van der Waals surface area (Å²) in [6.45, 7) is 0. The van der Waals surface area contributed by atoms with Gasteiger partial charge >= 0.3 is 6.01 Å². The second kappa shape index (κ2) is 2.67. The highest BCUT2D eigenvalue weighted by Gasteiger charge is 2.13. The minimum Gasteiger partial charge on any atom is -0.492 e. The van der Waals surface area contributed by atoms with Gasteiger partial charge in [-0.25, -0.2) is 0 Å². The Morgan fingerprint density at radius 3 is 3.00 bits per heavy atom. The smallest absolute Gasteiger partial charge is 0.317 e. The van der Waals surface area contributed by atoms with Gasteiger partial charge in [0.2, 0.25) is 5.88 Å². The first-order chi connectivity index (χ1) is 5.77. The predicted octanol–water partition coefficient (Wildman–Crippen LogP) is 1.01. The van der Waals surface area contributed by atoms with Crippen LogP contribution in [0.2, 0.25) is 0 Å². The van der Waals surface area contributed by atoms with Crippen LogP contribution in [0.1, 0.15) is 5.69 Å². The first-order valence-corrected chi connectivity index (χ1v) is 4.35. The van der Waals surface area contributed by atoms with Gasteiger partial charge in [0.05, 0.1) is 10.6 Å². The SMILES string of the molecule is Oc1nc(O)c2c(n1)C=CCS2. The van der Waals surface area contributed by atoms with E-state index in [1.807, 2.05) is 6.08 Å². The lowest BCUT2D eigenvalue weighted by molar-refractivity contribution is 0.388. The average Bonchev–Trinajstić information content (AvgIpc) is 2.04. The summed E-state index contributed by atoms with van der Waals surface area (Å²) in [6.07, 6.45) is 3.67. The molecular formula is C7H6N2O2S. The molecule has 1 aliphatic heterocycles. The Morgan fingerprint density at radius 1 is 1.33 bits per heavy atom. The molecule has 2 heterocycles. The summed E-state index contributed by atoms with van der Waals surface area (Å²) in [5.41, 5.74) is 0.580. The van der Waals surface area contributed by atoms with Crippen molar-refractivity contribution < 1.29 is 10.2 Å². The highest BCUT2D eigenvalue weighted by molar-refractivity contribution is 7.99. The number of thioether (sulfide) groups is 1. The van der Waals surface area contributed by atoms with Gasteiger partial charge in [-0.3, -0.25) is 0 Å². The molecule has 4 nitrogen and oxygen atoms in total. The van der Waals surface area contributed by atoms with Gasteiger partial charge in [0, 0.05) is 5.75 Å². The predicted molar refractivity (Wildman–Crippen MR) is 45.1 cm³/mol. The molecule has 0 radical (unpaired) electrons. The zero-order valence-electron chi connectivity index (χ0n) is 6.06. The van der Waals surface area contributed by atoms with E-state index in [9.17, 15) is 5.11 Å². The summed E-state index contributed by atoms with van der Waals surface area (Å²) in [6, 6.07) is -0.390. The van der Waals surface area contributed by atoms with E-state index < -0.39 is 6.01 Å². The van der Waals surface area contributed by atoms with E-state index in [-0.39, 0.29) is 5.88 Å². The van der Waals surface area contributed by atoms with Crippen LogP contribution in [0, 0.1) is 0 Å². The molecule has 0 fully saturated rings. The van der Waals surface area contributed by atoms with Crippen LogP contribution in [-0.2, 0) is 0 Å². The van der Waals surface area contributed by atoms with Gasteiger partial charge in [-0.15, -0.1) is 11.8 Å². The Hall–Kier alpha value is -1.23. The molecule has 1 aromatic rings. The second-order valence-corrected chi connectivity index (χ2v) is 3.31. The van der Waals surface area contributed by atoms with Crippen LogP contribution in [0.15, 0.2) is 11.0 Å². The number of aromatic nitrogens is 2. The fourth-order valence-electron chi connectivity index (χ4n) is 0.986. The van der Waals surface area contributed by atoms with Crippen molar-refractivity contribution in [3.05, 3.63) is 11.8 Å². The topological polar surface area (TPSA) is 66.2 Å². The molecule has 0 aromatic carbocycles. The number of hydrogen-bond donors (Lipinski definition) is 2. The van der Waals surface area contributed by atoms with Gasteiger partial charge in [-0.05, 0) is 6.08 Å². The zero-order valence-corrected chi connectivity index (χ0v) is 6.88. The lowest BCUT2D eigenvalue weighted by atomic mass is 10.3. The van der Waals surface area contributed by atoms with Crippen molar-refractivity contribution in [2.24, 2.45) is 0 Å². The van der Waals surface area contributed by atoms with E-state index in [2.05, 4.69) is 9.97 Å². The molecule has 5 heteroatoms. The van der Waals surface area contributed by atoms with Crippen molar-refractivity contribution in [2.45, 2.75) is 4.90 Å². The molecule has 0 saturated carbocycles. The first-order valence-electron chi connectivity index (χ1n) is 3.36. The monoisotopic (exact) mass is 182 g/mol. The molecule has 0 unspecified atom stereocenters. The Labute approximate surface area is 73.0 Å². The van der Waals surface area contributed by atoms with Crippen molar-refractivity contribution in [3.8, 4) is 11.9 Å². The Morgan fingerprint density at radius 2 is 2.17 bits per heavy atom. The highest BCUT2D eigenvalue weighted by atomic mass is 32.2. The molecule has 1 aliphatic rings. The summed E-state index contributed by atoms with van der Waals surface area (Å²) < 4.78 is 0. The standard InChI is InChI=1S/C7H6N2O2S/c10-6-5-4(2-1-3-12-5)8-7(11)9-6/h1-2H,3H2,(H2,8,9,10,11). The molecule has 62 valence electrons. The minimum absolute atomic E-state index is 0.146. The average molecular weight is 182 g/mol. The maximum Gasteiger partial charge on any atom is 0.317 e. The van der Waals surface area contributed by atoms with E-state index in [0.717, 1.165) is 5.75 Å². The molecule has 0 atom stereocenters. The zero-order chi connectivity index (χ0) is 8.55. The van der Waals surface area contributed by atoms with Crippen molar-refractivity contribution in [2.75, 3.05) is 5.75 Å². The summed E-state index contributed by atoms with van der Waals surface area (Å²) in [4.78, 5) is 7.82. The van der Waals surface area contributed by atoms with E-state index in [4.69, 9.17) is 5.11 Å². The largest absolute Gasteiger partial charge is 0.492 e. The van der Waals surface area contributed by atoms with Gasteiger partial charge < -0.3 is 10.2 Å². The fourth-order valence-corrected chi connectivity index (χ4v) is 1.78. The van der Waals surface area contributed by atoms with E-state index in [1.54, 1.807) is 6.08 Å². The van der Waals surface area contributed by atoms with Crippen LogP contribution in [0.3, 0.4) is 0 Å². The Kier molecular flexibility index (Phi) is 1.65. The molecule has 0 bridgehead atoms. The number of fused-ring (bicyclic) bond motifs is 1. The molecular weight excluding hydrogens is 176 g/mol. The molecule has 0 spiro atoms. The van der Waals surface area contributed by atoms with Crippen LogP contribution < -0.4 is 0 Å². The van der Waals surface area contributed by atoms with Crippen molar-refractivity contribution in [3.63, 3.8) is 0 Å². The van der Waals surface area contributed by atoms with Gasteiger partial charge in [0.15, 0.2) is 0 Å². The van der Waals surface area contributed by atoms with Gasteiger partial charge in [0.25, 0.3) is 0 Å². The van der Waals surface area contributed by atoms with Crippen LogP contribution in [0.4, 0.5) is 0 Å². The quantitative estimate of drug-likeness (QED) is 0.626. The lowest BCUT2D eigenvalue weighted by Gasteiger charge is -2.08. The van der Waals surface area contributed by atoms with Gasteiger partial charge in [0.1, 0.15) is 0 Å². The maximum atomic E-state index is 9.27. The number of hydrogen-bond acceptors (Lipinski definition) is 5. The summed E-state index contributed by atoms with van der Waals surface area (Å²) in [5, 5.41) is 18.2. The van der Waals surface area contributed by atoms with Gasteiger partial charge in [-0.1, -0.05) is 6.08 Å². The third-order valence-electron chi connectivity index (χ3n) is 1.46. The Balaban J connectivity index is 2.62. The molecule has 12 heavy (non-hydrogen) atoms. The third kappa shape index (κ3) is 1.12. The molecule has 2 rings (SSSR count). The molecule has 0 amide bonds. The molecule has 0 saturated heterocycles. The van der Waals surface area contributed by atoms with Crippen molar-refractivity contribution >= 4 is 17.8 Å². The van der Waals surface area contributed by atoms with E-state index in [1.165, 1.54) is 11.8 Å². The minimum atomic E-state index is -0.390. The second-order valence-electron chi connectivity index (χ2n) is 2.27. The maximum absolute atomic E-state index is 9.27. The molecule has 2 N–H and O–H groups in total. The van der Waals surface area contributed by atoms with E-state index in [0.29, 0.717) is 10.6 Å². The Bertz CT molecular complexity index is 352. The summed E-state index contributed by atoms with van der Waals surface area (Å²) in [7, 11) is 0. The van der Waals surface area contributed by atoms with Crippen molar-refractivity contribution in [1.82, 2.24) is 9.97 Å². The number of nitrogens with zero attached hydrogens (tertiary/aromatic N) is 2. The van der Waals surface area contributed by atoms with Crippen LogP contribution >= 0.6 is 11.8 Å². The fraction of sp³-hybridized carbons (Fsp3) is 0.143. The lowest BCUT2D eigenvalue weighted by Crippen LogP contribution is -1.94. The molecule has 0 aliphatic carbocycles. The number of rotatable bonds is 0. The third-order valence-corrected chi connectivity index (χ3v) is 2.50.